The van der Waals surface area contributed by atoms with Crippen LogP contribution < -0.4 is 5.32 Å². The summed E-state index contributed by atoms with van der Waals surface area (Å²) in [5, 5.41) is 11.4. The van der Waals surface area contributed by atoms with Crippen LogP contribution in [0.3, 0.4) is 0 Å². The van der Waals surface area contributed by atoms with Crippen LogP contribution in [0.15, 0.2) is 12.2 Å². The van der Waals surface area contributed by atoms with Crippen LogP contribution in [0, 0.1) is 0 Å². The molecule has 90 valence electrons. The average Bonchev–Trinajstić information content (AvgIpc) is 3.04. The number of rotatable bonds is 6. The van der Waals surface area contributed by atoms with Crippen LogP contribution in [0.4, 0.5) is 4.79 Å². The quantitative estimate of drug-likeness (QED) is 0.528. The molecule has 0 bridgehead atoms. The Bertz CT molecular complexity index is 285. The fourth-order valence-corrected chi connectivity index (χ4v) is 1.43. The molecule has 1 rings (SSSR count). The number of amides is 2. The first-order valence-electron chi connectivity index (χ1n) is 5.52. The number of urea groups is 1. The summed E-state index contributed by atoms with van der Waals surface area (Å²) in [5.74, 6) is -0.962. The number of nitrogens with zero attached hydrogens (tertiary/aromatic N) is 1. The third kappa shape index (κ3) is 4.33. The molecule has 0 saturated heterocycles. The molecule has 0 radical (unpaired) electrons. The molecule has 0 aromatic carbocycles. The van der Waals surface area contributed by atoms with E-state index >= 15 is 0 Å². The van der Waals surface area contributed by atoms with Gasteiger partial charge in [0.25, 0.3) is 0 Å². The molecule has 1 saturated carbocycles. The number of carboxylic acid groups (broad SMARTS) is 1. The molecule has 0 aromatic rings. The monoisotopic (exact) mass is 226 g/mol. The summed E-state index contributed by atoms with van der Waals surface area (Å²) in [6.45, 7) is 2.26. The largest absolute Gasteiger partial charge is 0.480 e. The van der Waals surface area contributed by atoms with Crippen molar-refractivity contribution in [2.75, 3.05) is 13.1 Å². The maximum absolute atomic E-state index is 11.7. The van der Waals surface area contributed by atoms with Gasteiger partial charge in [-0.2, -0.15) is 0 Å². The van der Waals surface area contributed by atoms with Gasteiger partial charge >= 0.3 is 12.0 Å². The lowest BCUT2D eigenvalue weighted by molar-refractivity contribution is -0.137. The molecule has 2 N–H and O–H groups in total. The van der Waals surface area contributed by atoms with Crippen molar-refractivity contribution in [2.24, 2.45) is 0 Å². The Balaban J connectivity index is 2.32. The molecule has 5 nitrogen and oxygen atoms in total. The molecule has 0 aliphatic heterocycles. The molecule has 0 heterocycles. The van der Waals surface area contributed by atoms with E-state index in [1.807, 2.05) is 19.1 Å². The lowest BCUT2D eigenvalue weighted by Crippen LogP contribution is -2.44. The highest BCUT2D eigenvalue weighted by atomic mass is 16.4. The Kier molecular flexibility index (Phi) is 4.82. The first-order valence-corrected chi connectivity index (χ1v) is 5.52. The topological polar surface area (TPSA) is 69.6 Å². The highest BCUT2D eigenvalue weighted by Gasteiger charge is 2.33. The van der Waals surface area contributed by atoms with E-state index in [-0.39, 0.29) is 18.6 Å². The molecular formula is C11H18N2O3. The van der Waals surface area contributed by atoms with Crippen LogP contribution in [0.5, 0.6) is 0 Å². The number of allylic oxidation sites excluding steroid dienone is 1. The molecular weight excluding hydrogens is 208 g/mol. The third-order valence-electron chi connectivity index (χ3n) is 2.38. The lowest BCUT2D eigenvalue weighted by Gasteiger charge is -2.20. The van der Waals surface area contributed by atoms with E-state index in [2.05, 4.69) is 5.32 Å². The molecule has 1 fully saturated rings. The standard InChI is InChI=1S/C11H18N2O3/c1-2-3-4-7-12-11(16)13(8-10(14)15)9-5-6-9/h2-3,9H,4-8H2,1H3,(H,12,16)(H,14,15)/b3-2+. The van der Waals surface area contributed by atoms with Gasteiger partial charge in [-0.3, -0.25) is 4.79 Å². The van der Waals surface area contributed by atoms with Crippen molar-refractivity contribution in [2.45, 2.75) is 32.2 Å². The third-order valence-corrected chi connectivity index (χ3v) is 2.38. The van der Waals surface area contributed by atoms with Crippen LogP contribution in [-0.2, 0) is 4.79 Å². The first kappa shape index (κ1) is 12.5. The van der Waals surface area contributed by atoms with Crippen molar-refractivity contribution in [3.63, 3.8) is 0 Å². The summed E-state index contributed by atoms with van der Waals surface area (Å²) < 4.78 is 0. The minimum atomic E-state index is -0.962. The Hall–Kier alpha value is -1.52. The molecule has 0 unspecified atom stereocenters. The van der Waals surface area contributed by atoms with Crippen molar-refractivity contribution >= 4 is 12.0 Å². The number of carbonyl (C=O) groups excluding carboxylic acids is 1. The van der Waals surface area contributed by atoms with Crippen LogP contribution >= 0.6 is 0 Å². The molecule has 5 heteroatoms. The van der Waals surface area contributed by atoms with E-state index < -0.39 is 5.97 Å². The fourth-order valence-electron chi connectivity index (χ4n) is 1.43. The number of hydrogen-bond donors (Lipinski definition) is 2. The predicted octanol–water partition coefficient (Wildman–Crippen LogP) is 1.21. The zero-order valence-electron chi connectivity index (χ0n) is 9.48. The van der Waals surface area contributed by atoms with Gasteiger partial charge in [-0.1, -0.05) is 12.2 Å². The minimum absolute atomic E-state index is 0.123. The summed E-state index contributed by atoms with van der Waals surface area (Å²) in [6, 6.07) is -0.146. The van der Waals surface area contributed by atoms with Crippen LogP contribution in [0.2, 0.25) is 0 Å². The number of nitrogens with one attached hydrogen (secondary N) is 1. The van der Waals surface area contributed by atoms with Gasteiger partial charge in [-0.05, 0) is 26.2 Å². The van der Waals surface area contributed by atoms with Gasteiger partial charge in [0.2, 0.25) is 0 Å². The molecule has 16 heavy (non-hydrogen) atoms. The van der Waals surface area contributed by atoms with E-state index in [1.54, 1.807) is 0 Å². The highest BCUT2D eigenvalue weighted by Crippen LogP contribution is 2.26. The van der Waals surface area contributed by atoms with E-state index in [9.17, 15) is 9.59 Å². The molecule has 0 spiro atoms. The SMILES string of the molecule is C/C=C/CCNC(=O)N(CC(=O)O)C1CC1. The first-order chi connectivity index (χ1) is 7.65. The van der Waals surface area contributed by atoms with Crippen molar-refractivity contribution in [3.8, 4) is 0 Å². The van der Waals surface area contributed by atoms with Crippen LogP contribution in [0.25, 0.3) is 0 Å². The molecule has 1 aliphatic rings. The smallest absolute Gasteiger partial charge is 0.323 e. The summed E-state index contributed by atoms with van der Waals surface area (Å²) in [4.78, 5) is 23.6. The summed E-state index contributed by atoms with van der Waals surface area (Å²) >= 11 is 0. The average molecular weight is 226 g/mol. The lowest BCUT2D eigenvalue weighted by atomic mass is 10.4. The normalized spacial score (nSPS) is 15.1. The van der Waals surface area contributed by atoms with Gasteiger partial charge in [0.1, 0.15) is 6.54 Å². The van der Waals surface area contributed by atoms with E-state index in [1.165, 1.54) is 4.90 Å². The number of carboxylic acids is 1. The predicted molar refractivity (Wildman–Crippen MR) is 60.2 cm³/mol. The zero-order chi connectivity index (χ0) is 12.0. The maximum Gasteiger partial charge on any atom is 0.323 e. The Labute approximate surface area is 95.1 Å². The number of aliphatic carboxylic acids is 1. The Morgan fingerprint density at radius 3 is 2.69 bits per heavy atom. The van der Waals surface area contributed by atoms with Gasteiger partial charge in [0.05, 0.1) is 0 Å². The van der Waals surface area contributed by atoms with Crippen molar-refractivity contribution in [1.82, 2.24) is 10.2 Å². The van der Waals surface area contributed by atoms with Gasteiger partial charge in [0.15, 0.2) is 0 Å². The molecule has 0 aromatic heterocycles. The fraction of sp³-hybridized carbons (Fsp3) is 0.636. The van der Waals surface area contributed by atoms with Crippen LogP contribution in [-0.4, -0.2) is 41.1 Å². The van der Waals surface area contributed by atoms with E-state index in [0.29, 0.717) is 6.54 Å². The Morgan fingerprint density at radius 1 is 1.50 bits per heavy atom. The van der Waals surface area contributed by atoms with Crippen molar-refractivity contribution in [3.05, 3.63) is 12.2 Å². The summed E-state index contributed by atoms with van der Waals surface area (Å²) in [7, 11) is 0. The van der Waals surface area contributed by atoms with Crippen LogP contribution in [0.1, 0.15) is 26.2 Å². The van der Waals surface area contributed by atoms with Crippen molar-refractivity contribution < 1.29 is 14.7 Å². The second kappa shape index (κ2) is 6.15. The Morgan fingerprint density at radius 2 is 2.19 bits per heavy atom. The second-order valence-corrected chi connectivity index (χ2v) is 3.84. The summed E-state index contributed by atoms with van der Waals surface area (Å²) in [6.07, 6.45) is 6.47. The van der Waals surface area contributed by atoms with E-state index in [0.717, 1.165) is 19.3 Å². The maximum atomic E-state index is 11.7. The highest BCUT2D eigenvalue weighted by molar-refractivity contribution is 5.80. The van der Waals surface area contributed by atoms with E-state index in [4.69, 9.17) is 5.11 Å². The zero-order valence-corrected chi connectivity index (χ0v) is 9.48. The molecule has 0 atom stereocenters. The molecule has 1 aliphatic carbocycles. The van der Waals surface area contributed by atoms with Crippen molar-refractivity contribution in [1.29, 1.82) is 0 Å². The summed E-state index contributed by atoms with van der Waals surface area (Å²) in [5.41, 5.74) is 0. The number of hydrogen-bond acceptors (Lipinski definition) is 2. The van der Waals surface area contributed by atoms with Gasteiger partial charge < -0.3 is 15.3 Å². The molecule has 2 amide bonds. The van der Waals surface area contributed by atoms with Gasteiger partial charge in [-0.15, -0.1) is 0 Å². The number of carbonyl (C=O) groups is 2. The van der Waals surface area contributed by atoms with Gasteiger partial charge in [0, 0.05) is 12.6 Å². The van der Waals surface area contributed by atoms with Gasteiger partial charge in [-0.25, -0.2) is 4.79 Å². The minimum Gasteiger partial charge on any atom is -0.480 e. The second-order valence-electron chi connectivity index (χ2n) is 3.84.